The van der Waals surface area contributed by atoms with E-state index >= 15 is 0 Å². The van der Waals surface area contributed by atoms with Crippen LogP contribution in [0.3, 0.4) is 0 Å². The van der Waals surface area contributed by atoms with E-state index in [-0.39, 0.29) is 6.04 Å². The number of aromatic nitrogens is 2. The second kappa shape index (κ2) is 7.56. The molecule has 0 spiro atoms. The molecule has 26 heavy (non-hydrogen) atoms. The normalized spacial score (nSPS) is 12.2. The third-order valence-electron chi connectivity index (χ3n) is 3.98. The molecular weight excluding hydrogens is 350 g/mol. The SMILES string of the molecule is Clc1ccc(-c2nnc(CN[C@@H](c3ccccc3)c3ccco3)o2)cc1. The third-order valence-corrected chi connectivity index (χ3v) is 4.23. The van der Waals surface area contributed by atoms with Crippen LogP contribution < -0.4 is 5.32 Å². The summed E-state index contributed by atoms with van der Waals surface area (Å²) < 4.78 is 11.3. The van der Waals surface area contributed by atoms with Crippen LogP contribution >= 0.6 is 11.6 Å². The molecular formula is C20H16ClN3O2. The molecule has 0 amide bonds. The maximum absolute atomic E-state index is 5.91. The Morgan fingerprint density at radius 1 is 0.923 bits per heavy atom. The topological polar surface area (TPSA) is 64.1 Å². The molecule has 4 rings (SSSR count). The quantitative estimate of drug-likeness (QED) is 0.528. The highest BCUT2D eigenvalue weighted by Gasteiger charge is 2.17. The molecule has 2 heterocycles. The van der Waals surface area contributed by atoms with Gasteiger partial charge in [-0.15, -0.1) is 10.2 Å². The first-order valence-electron chi connectivity index (χ1n) is 8.19. The van der Waals surface area contributed by atoms with Crippen molar-refractivity contribution in [2.45, 2.75) is 12.6 Å². The number of furan rings is 1. The highest BCUT2D eigenvalue weighted by Crippen LogP contribution is 2.24. The van der Waals surface area contributed by atoms with E-state index in [1.54, 1.807) is 18.4 Å². The molecule has 0 saturated carbocycles. The fourth-order valence-electron chi connectivity index (χ4n) is 2.71. The van der Waals surface area contributed by atoms with Gasteiger partial charge < -0.3 is 8.83 Å². The minimum absolute atomic E-state index is 0.0999. The monoisotopic (exact) mass is 365 g/mol. The Labute approximate surface area is 155 Å². The van der Waals surface area contributed by atoms with Crippen LogP contribution in [0.2, 0.25) is 5.02 Å². The van der Waals surface area contributed by atoms with E-state index < -0.39 is 0 Å². The van der Waals surface area contributed by atoms with Crippen molar-refractivity contribution in [1.29, 1.82) is 0 Å². The molecule has 4 aromatic rings. The standard InChI is InChI=1S/C20H16ClN3O2/c21-16-10-8-15(9-11-16)20-24-23-18(26-20)13-22-19(17-7-4-12-25-17)14-5-2-1-3-6-14/h1-12,19,22H,13H2/t19-/m0/s1. The lowest BCUT2D eigenvalue weighted by molar-refractivity contribution is 0.416. The lowest BCUT2D eigenvalue weighted by atomic mass is 10.0. The van der Waals surface area contributed by atoms with Crippen molar-refractivity contribution in [2.24, 2.45) is 0 Å². The molecule has 0 radical (unpaired) electrons. The van der Waals surface area contributed by atoms with Crippen LogP contribution in [0.25, 0.3) is 11.5 Å². The van der Waals surface area contributed by atoms with Crippen LogP contribution in [0, 0.1) is 0 Å². The summed E-state index contributed by atoms with van der Waals surface area (Å²) in [7, 11) is 0. The molecule has 1 N–H and O–H groups in total. The summed E-state index contributed by atoms with van der Waals surface area (Å²) in [5.74, 6) is 1.80. The number of nitrogens with one attached hydrogen (secondary N) is 1. The molecule has 0 fully saturated rings. The summed E-state index contributed by atoms with van der Waals surface area (Å²) >= 11 is 5.91. The Bertz CT molecular complexity index is 950. The average molecular weight is 366 g/mol. The summed E-state index contributed by atoms with van der Waals surface area (Å²) in [6.45, 7) is 0.418. The highest BCUT2D eigenvalue weighted by molar-refractivity contribution is 6.30. The van der Waals surface area contributed by atoms with Crippen molar-refractivity contribution >= 4 is 11.6 Å². The molecule has 0 bridgehead atoms. The average Bonchev–Trinajstić information content (AvgIpc) is 3.36. The van der Waals surface area contributed by atoms with Gasteiger partial charge in [-0.1, -0.05) is 41.9 Å². The first-order chi connectivity index (χ1) is 12.8. The van der Waals surface area contributed by atoms with E-state index in [9.17, 15) is 0 Å². The van der Waals surface area contributed by atoms with Crippen molar-refractivity contribution in [2.75, 3.05) is 0 Å². The minimum atomic E-state index is -0.0999. The van der Waals surface area contributed by atoms with Crippen molar-refractivity contribution in [1.82, 2.24) is 15.5 Å². The summed E-state index contributed by atoms with van der Waals surface area (Å²) in [5, 5.41) is 12.3. The van der Waals surface area contributed by atoms with Crippen molar-refractivity contribution in [3.63, 3.8) is 0 Å². The molecule has 1 atom stereocenters. The van der Waals surface area contributed by atoms with Crippen molar-refractivity contribution in [3.8, 4) is 11.5 Å². The van der Waals surface area contributed by atoms with Crippen LogP contribution in [0.1, 0.15) is 23.3 Å². The van der Waals surface area contributed by atoms with Gasteiger partial charge in [0.1, 0.15) is 5.76 Å². The molecule has 0 unspecified atom stereocenters. The van der Waals surface area contributed by atoms with E-state index in [4.69, 9.17) is 20.4 Å². The molecule has 0 saturated heterocycles. The van der Waals surface area contributed by atoms with E-state index in [0.29, 0.717) is 23.3 Å². The zero-order valence-corrected chi connectivity index (χ0v) is 14.6. The Morgan fingerprint density at radius 3 is 2.46 bits per heavy atom. The van der Waals surface area contributed by atoms with Gasteiger partial charge in [0, 0.05) is 10.6 Å². The lowest BCUT2D eigenvalue weighted by Crippen LogP contribution is -2.21. The van der Waals surface area contributed by atoms with Gasteiger partial charge >= 0.3 is 0 Å². The largest absolute Gasteiger partial charge is 0.467 e. The lowest BCUT2D eigenvalue weighted by Gasteiger charge is -2.15. The zero-order valence-electron chi connectivity index (χ0n) is 13.8. The van der Waals surface area contributed by atoms with E-state index in [0.717, 1.165) is 16.9 Å². The van der Waals surface area contributed by atoms with Gasteiger partial charge in [0.2, 0.25) is 11.8 Å². The molecule has 2 aromatic carbocycles. The molecule has 0 aliphatic carbocycles. The molecule has 6 heteroatoms. The van der Waals surface area contributed by atoms with Crippen LogP contribution in [0.15, 0.2) is 81.8 Å². The summed E-state index contributed by atoms with van der Waals surface area (Å²) in [4.78, 5) is 0. The van der Waals surface area contributed by atoms with Gasteiger partial charge in [-0.05, 0) is 42.0 Å². The fourth-order valence-corrected chi connectivity index (χ4v) is 2.83. The Kier molecular flexibility index (Phi) is 4.82. The maximum Gasteiger partial charge on any atom is 0.247 e. The second-order valence-electron chi connectivity index (χ2n) is 5.75. The predicted octanol–water partition coefficient (Wildman–Crippen LogP) is 4.86. The molecule has 5 nitrogen and oxygen atoms in total. The zero-order chi connectivity index (χ0) is 17.8. The molecule has 2 aromatic heterocycles. The van der Waals surface area contributed by atoms with Crippen LogP contribution in [-0.2, 0) is 6.54 Å². The van der Waals surface area contributed by atoms with E-state index in [1.807, 2.05) is 54.6 Å². The summed E-state index contributed by atoms with van der Waals surface area (Å²) in [6, 6.07) is 21.1. The van der Waals surface area contributed by atoms with Crippen molar-refractivity contribution in [3.05, 3.63) is 95.2 Å². The highest BCUT2D eigenvalue weighted by atomic mass is 35.5. The molecule has 0 aliphatic heterocycles. The van der Waals surface area contributed by atoms with Crippen LogP contribution in [0.5, 0.6) is 0 Å². The third kappa shape index (κ3) is 3.69. The Morgan fingerprint density at radius 2 is 1.73 bits per heavy atom. The second-order valence-corrected chi connectivity index (χ2v) is 6.18. The van der Waals surface area contributed by atoms with Gasteiger partial charge in [0.05, 0.1) is 18.8 Å². The van der Waals surface area contributed by atoms with E-state index in [1.165, 1.54) is 0 Å². The summed E-state index contributed by atoms with van der Waals surface area (Å²) in [6.07, 6.45) is 1.66. The van der Waals surface area contributed by atoms with Gasteiger partial charge in [-0.3, -0.25) is 5.32 Å². The van der Waals surface area contributed by atoms with Gasteiger partial charge in [-0.25, -0.2) is 0 Å². The molecule has 0 aliphatic rings. The number of halogens is 1. The maximum atomic E-state index is 5.91. The van der Waals surface area contributed by atoms with E-state index in [2.05, 4.69) is 15.5 Å². The number of rotatable bonds is 6. The number of hydrogen-bond donors (Lipinski definition) is 1. The van der Waals surface area contributed by atoms with Gasteiger partial charge in [0.25, 0.3) is 0 Å². The van der Waals surface area contributed by atoms with Crippen LogP contribution in [0.4, 0.5) is 0 Å². The first-order valence-corrected chi connectivity index (χ1v) is 8.57. The minimum Gasteiger partial charge on any atom is -0.467 e. The van der Waals surface area contributed by atoms with Gasteiger partial charge in [0.15, 0.2) is 0 Å². The smallest absolute Gasteiger partial charge is 0.247 e. The number of benzene rings is 2. The fraction of sp³-hybridized carbons (Fsp3) is 0.100. The summed E-state index contributed by atoms with van der Waals surface area (Å²) in [5.41, 5.74) is 1.93. The number of nitrogens with zero attached hydrogens (tertiary/aromatic N) is 2. The number of hydrogen-bond acceptors (Lipinski definition) is 5. The molecule has 130 valence electrons. The van der Waals surface area contributed by atoms with Crippen LogP contribution in [-0.4, -0.2) is 10.2 Å². The Hall–Kier alpha value is -2.89. The van der Waals surface area contributed by atoms with Gasteiger partial charge in [-0.2, -0.15) is 0 Å². The predicted molar refractivity (Wildman–Crippen MR) is 98.6 cm³/mol. The van der Waals surface area contributed by atoms with Crippen molar-refractivity contribution < 1.29 is 8.83 Å². The Balaban J connectivity index is 1.51. The first kappa shape index (κ1) is 16.6.